The van der Waals surface area contributed by atoms with Crippen molar-refractivity contribution in [1.82, 2.24) is 0 Å². The van der Waals surface area contributed by atoms with Crippen LogP contribution >= 0.6 is 46.4 Å². The van der Waals surface area contributed by atoms with Crippen LogP contribution in [-0.4, -0.2) is 37.2 Å². The Morgan fingerprint density at radius 3 is 1.53 bits per heavy atom. The van der Waals surface area contributed by atoms with Gasteiger partial charge in [-0.05, 0) is 79.9 Å². The highest BCUT2D eigenvalue weighted by Gasteiger charge is 2.32. The fourth-order valence-corrected chi connectivity index (χ4v) is 6.74. The van der Waals surface area contributed by atoms with Crippen molar-refractivity contribution >= 4 is 58.3 Å². The minimum atomic E-state index is -1.63. The van der Waals surface area contributed by atoms with Crippen LogP contribution in [0.3, 0.4) is 0 Å². The zero-order valence-electron chi connectivity index (χ0n) is 31.6. The molecule has 8 heteroatoms. The summed E-state index contributed by atoms with van der Waals surface area (Å²) in [5.41, 5.74) is 4.53. The molecule has 0 fully saturated rings. The molecule has 0 aromatic heterocycles. The topological polar surface area (TPSA) is 74.6 Å². The number of hydrogen-bond donors (Lipinski definition) is 2. The fraction of sp³-hybridized carbons (Fsp3) is 0.674. The number of halogens is 4. The molecule has 0 spiro atoms. The highest BCUT2D eigenvalue weighted by molar-refractivity contribution is 6.57. The van der Waals surface area contributed by atoms with Gasteiger partial charge >= 0.3 is 11.9 Å². The molecule has 2 aromatic carbocycles. The SMILES string of the molecule is CC(C)(C)CCCCC(Cl)CCCCCCCCCC(Cl)C(=O)O.O=C(O)C(Cl)(Cl)CCCCCCCCc1ccc(Cc2ccccc2)cc1. The Morgan fingerprint density at radius 2 is 1.00 bits per heavy atom. The zero-order chi connectivity index (χ0) is 38.0. The van der Waals surface area contributed by atoms with E-state index in [1.807, 2.05) is 6.07 Å². The Labute approximate surface area is 330 Å². The summed E-state index contributed by atoms with van der Waals surface area (Å²) in [6.07, 6.45) is 23.6. The first-order valence-corrected chi connectivity index (χ1v) is 21.1. The average molecular weight is 789 g/mol. The first-order chi connectivity index (χ1) is 24.2. The maximum absolute atomic E-state index is 10.8. The van der Waals surface area contributed by atoms with Gasteiger partial charge in [0.1, 0.15) is 5.38 Å². The summed E-state index contributed by atoms with van der Waals surface area (Å²) in [5.74, 6) is -2.05. The molecular formula is C43H66Cl4O4. The molecule has 2 rings (SSSR count). The lowest BCUT2D eigenvalue weighted by atomic mass is 9.89. The van der Waals surface area contributed by atoms with E-state index in [-0.39, 0.29) is 0 Å². The van der Waals surface area contributed by atoms with Crippen LogP contribution in [0.4, 0.5) is 0 Å². The molecule has 2 aromatic rings. The Morgan fingerprint density at radius 1 is 0.569 bits per heavy atom. The minimum absolute atomic E-state index is 0.306. The van der Waals surface area contributed by atoms with Crippen molar-refractivity contribution in [3.63, 3.8) is 0 Å². The molecule has 0 saturated heterocycles. The van der Waals surface area contributed by atoms with E-state index in [2.05, 4.69) is 69.3 Å². The molecule has 4 nitrogen and oxygen atoms in total. The summed E-state index contributed by atoms with van der Waals surface area (Å²) >= 11 is 23.5. The Bertz CT molecular complexity index is 1160. The number of rotatable bonds is 27. The molecule has 2 N–H and O–H groups in total. The van der Waals surface area contributed by atoms with Gasteiger partial charge in [0, 0.05) is 5.38 Å². The van der Waals surface area contributed by atoms with E-state index >= 15 is 0 Å². The second-order valence-corrected chi connectivity index (χ2v) is 18.0. The highest BCUT2D eigenvalue weighted by Crippen LogP contribution is 2.28. The van der Waals surface area contributed by atoms with Crippen molar-refractivity contribution in [2.45, 2.75) is 177 Å². The minimum Gasteiger partial charge on any atom is -0.480 e. The van der Waals surface area contributed by atoms with E-state index in [0.717, 1.165) is 64.2 Å². The molecule has 0 heterocycles. The summed E-state index contributed by atoms with van der Waals surface area (Å²) in [4.78, 5) is 21.4. The molecule has 0 amide bonds. The number of aryl methyl sites for hydroxylation is 1. The van der Waals surface area contributed by atoms with Gasteiger partial charge in [-0.25, -0.2) is 4.79 Å². The van der Waals surface area contributed by atoms with E-state index in [1.54, 1.807) is 0 Å². The number of carboxylic acids is 2. The van der Waals surface area contributed by atoms with Crippen LogP contribution < -0.4 is 0 Å². The summed E-state index contributed by atoms with van der Waals surface area (Å²) in [5, 5.41) is 17.2. The van der Waals surface area contributed by atoms with Gasteiger partial charge in [-0.3, -0.25) is 4.79 Å². The van der Waals surface area contributed by atoms with Crippen molar-refractivity contribution in [3.8, 4) is 0 Å². The molecular weight excluding hydrogens is 722 g/mol. The second-order valence-electron chi connectivity index (χ2n) is 15.4. The number of alkyl halides is 4. The lowest BCUT2D eigenvalue weighted by Gasteiger charge is -2.18. The van der Waals surface area contributed by atoms with Crippen LogP contribution in [0.25, 0.3) is 0 Å². The normalized spacial score (nSPS) is 12.9. The van der Waals surface area contributed by atoms with Gasteiger partial charge in [0.25, 0.3) is 0 Å². The first-order valence-electron chi connectivity index (χ1n) is 19.4. The van der Waals surface area contributed by atoms with E-state index in [0.29, 0.717) is 23.6 Å². The second kappa shape index (κ2) is 28.0. The van der Waals surface area contributed by atoms with Gasteiger partial charge in [0.15, 0.2) is 0 Å². The number of unbranched alkanes of at least 4 members (excludes halogenated alkanes) is 12. The fourth-order valence-electron chi connectivity index (χ4n) is 6.01. The number of carboxylic acid groups (broad SMARTS) is 2. The predicted molar refractivity (Wildman–Crippen MR) is 220 cm³/mol. The number of benzene rings is 2. The molecule has 2 atom stereocenters. The third-order valence-corrected chi connectivity index (χ3v) is 10.8. The maximum Gasteiger partial charge on any atom is 0.340 e. The zero-order valence-corrected chi connectivity index (χ0v) is 34.7. The van der Waals surface area contributed by atoms with Gasteiger partial charge in [-0.2, -0.15) is 0 Å². The lowest BCUT2D eigenvalue weighted by Crippen LogP contribution is -2.25. The lowest BCUT2D eigenvalue weighted by molar-refractivity contribution is -0.138. The molecule has 0 radical (unpaired) electrons. The molecule has 51 heavy (non-hydrogen) atoms. The summed E-state index contributed by atoms with van der Waals surface area (Å²) < 4.78 is -1.63. The van der Waals surface area contributed by atoms with Crippen molar-refractivity contribution in [2.24, 2.45) is 5.41 Å². The number of carbonyl (C=O) groups is 2. The van der Waals surface area contributed by atoms with Crippen LogP contribution in [0, 0.1) is 5.41 Å². The van der Waals surface area contributed by atoms with Gasteiger partial charge in [0.05, 0.1) is 0 Å². The van der Waals surface area contributed by atoms with E-state index in [1.165, 1.54) is 80.9 Å². The highest BCUT2D eigenvalue weighted by atomic mass is 35.5. The maximum atomic E-state index is 10.8. The van der Waals surface area contributed by atoms with E-state index in [9.17, 15) is 9.59 Å². The Balaban J connectivity index is 0.000000515. The molecule has 0 aliphatic carbocycles. The van der Waals surface area contributed by atoms with Crippen LogP contribution in [0.1, 0.15) is 166 Å². The molecule has 290 valence electrons. The number of hydrogen-bond acceptors (Lipinski definition) is 2. The van der Waals surface area contributed by atoms with Gasteiger partial charge in [0.2, 0.25) is 4.33 Å². The third kappa shape index (κ3) is 26.9. The Kier molecular flexibility index (Phi) is 26.2. The molecule has 0 bridgehead atoms. The summed E-state index contributed by atoms with van der Waals surface area (Å²) in [6.45, 7) is 6.89. The van der Waals surface area contributed by atoms with Crippen molar-refractivity contribution in [3.05, 3.63) is 71.3 Å². The molecule has 2 unspecified atom stereocenters. The van der Waals surface area contributed by atoms with Crippen LogP contribution in [-0.2, 0) is 22.4 Å². The molecule has 0 saturated carbocycles. The van der Waals surface area contributed by atoms with Crippen molar-refractivity contribution in [1.29, 1.82) is 0 Å². The monoisotopic (exact) mass is 786 g/mol. The van der Waals surface area contributed by atoms with E-state index < -0.39 is 21.6 Å². The van der Waals surface area contributed by atoms with Crippen LogP contribution in [0.5, 0.6) is 0 Å². The summed E-state index contributed by atoms with van der Waals surface area (Å²) in [7, 11) is 0. The van der Waals surface area contributed by atoms with Gasteiger partial charge < -0.3 is 10.2 Å². The largest absolute Gasteiger partial charge is 0.480 e. The number of aliphatic carboxylic acids is 2. The average Bonchev–Trinajstić information content (AvgIpc) is 3.08. The first kappa shape index (κ1) is 47.6. The smallest absolute Gasteiger partial charge is 0.340 e. The quantitative estimate of drug-likeness (QED) is 0.0698. The van der Waals surface area contributed by atoms with Crippen LogP contribution in [0.2, 0.25) is 0 Å². The molecule has 0 aliphatic rings. The molecule has 0 aliphatic heterocycles. The third-order valence-electron chi connectivity index (χ3n) is 9.23. The van der Waals surface area contributed by atoms with Crippen LogP contribution in [0.15, 0.2) is 54.6 Å². The van der Waals surface area contributed by atoms with E-state index in [4.69, 9.17) is 56.6 Å². The standard InChI is InChI=1S/C23H28Cl2O2.C20H38Cl2O2/c24-23(25,22(26)27)17-9-4-2-1-3-6-10-19-13-15-21(16-14-19)18-20-11-7-5-8-12-20;1-20(2,3)16-12-11-14-17(21)13-9-7-5-4-6-8-10-15-18(22)19(23)24/h5,7-8,11-16H,1-4,6,9-10,17-18H2,(H,26,27);17-18H,4-16H2,1-3H3,(H,23,24). The Hall–Kier alpha value is -1.46. The van der Waals surface area contributed by atoms with Crippen molar-refractivity contribution in [2.75, 3.05) is 0 Å². The predicted octanol–water partition coefficient (Wildman–Crippen LogP) is 14.2. The summed E-state index contributed by atoms with van der Waals surface area (Å²) in [6, 6.07) is 19.5. The van der Waals surface area contributed by atoms with Gasteiger partial charge in [-0.15, -0.1) is 23.2 Å². The van der Waals surface area contributed by atoms with Crippen molar-refractivity contribution < 1.29 is 19.8 Å². The van der Waals surface area contributed by atoms with Gasteiger partial charge in [-0.1, -0.05) is 182 Å².